The predicted octanol–water partition coefficient (Wildman–Crippen LogP) is 3.31. The van der Waals surface area contributed by atoms with Gasteiger partial charge in [-0.05, 0) is 49.7 Å². The largest absolute Gasteiger partial charge is 0.352 e. The maximum Gasteiger partial charge on any atom is 0.253 e. The van der Waals surface area contributed by atoms with Crippen LogP contribution in [0.1, 0.15) is 35.3 Å². The smallest absolute Gasteiger partial charge is 0.253 e. The Kier molecular flexibility index (Phi) is 7.92. The van der Waals surface area contributed by atoms with Crippen LogP contribution in [0, 0.1) is 11.6 Å². The number of carbonyl (C=O) groups is 1. The second kappa shape index (κ2) is 10.4. The van der Waals surface area contributed by atoms with Gasteiger partial charge < -0.3 is 15.5 Å². The van der Waals surface area contributed by atoms with Crippen LogP contribution in [0.5, 0.6) is 0 Å². The number of nitrogens with one attached hydrogen (secondary N) is 2. The molecule has 0 saturated carbocycles. The van der Waals surface area contributed by atoms with E-state index in [0.717, 1.165) is 23.8 Å². The first-order valence-electron chi connectivity index (χ1n) is 9.25. The normalized spacial score (nSPS) is 11.2. The molecule has 0 unspecified atom stereocenters. The standard InChI is InChI=1S/C21H26F2N4O/c1-4-27(5-2)20(28)16-8-6-15(7-9-16)13-25-21(24-3)26-14-17-12-18(22)10-11-19(17)23/h6-12H,4-5,13-14H2,1-3H3,(H2,24,25,26). The van der Waals surface area contributed by atoms with Gasteiger partial charge in [0.05, 0.1) is 0 Å². The monoisotopic (exact) mass is 388 g/mol. The lowest BCUT2D eigenvalue weighted by atomic mass is 10.1. The second-order valence-electron chi connectivity index (χ2n) is 6.19. The van der Waals surface area contributed by atoms with Gasteiger partial charge in [-0.3, -0.25) is 9.79 Å². The van der Waals surface area contributed by atoms with Crippen LogP contribution in [-0.2, 0) is 13.1 Å². The van der Waals surface area contributed by atoms with Gasteiger partial charge in [-0.15, -0.1) is 0 Å². The first-order chi connectivity index (χ1) is 13.5. The first-order valence-corrected chi connectivity index (χ1v) is 9.25. The number of nitrogens with zero attached hydrogens (tertiary/aromatic N) is 2. The Balaban J connectivity index is 1.91. The summed E-state index contributed by atoms with van der Waals surface area (Å²) in [6, 6.07) is 10.7. The molecule has 2 rings (SSSR count). The van der Waals surface area contributed by atoms with E-state index in [1.165, 1.54) is 0 Å². The van der Waals surface area contributed by atoms with Crippen molar-refractivity contribution < 1.29 is 13.6 Å². The highest BCUT2D eigenvalue weighted by atomic mass is 19.1. The average Bonchev–Trinajstić information content (AvgIpc) is 2.71. The van der Waals surface area contributed by atoms with E-state index in [-0.39, 0.29) is 18.0 Å². The van der Waals surface area contributed by atoms with Crippen LogP contribution in [0.25, 0.3) is 0 Å². The number of amides is 1. The molecule has 2 N–H and O–H groups in total. The molecule has 0 heterocycles. The Morgan fingerprint density at radius 1 is 1.00 bits per heavy atom. The summed E-state index contributed by atoms with van der Waals surface area (Å²) in [4.78, 5) is 18.2. The highest BCUT2D eigenvalue weighted by Gasteiger charge is 2.12. The highest BCUT2D eigenvalue weighted by molar-refractivity contribution is 5.94. The van der Waals surface area contributed by atoms with E-state index in [2.05, 4.69) is 15.6 Å². The Labute approximate surface area is 164 Å². The molecule has 0 atom stereocenters. The van der Waals surface area contributed by atoms with Crippen molar-refractivity contribution in [2.45, 2.75) is 26.9 Å². The summed E-state index contributed by atoms with van der Waals surface area (Å²) >= 11 is 0. The lowest BCUT2D eigenvalue weighted by molar-refractivity contribution is 0.0773. The number of guanidine groups is 1. The van der Waals surface area contributed by atoms with Crippen molar-refractivity contribution in [2.75, 3.05) is 20.1 Å². The fourth-order valence-corrected chi connectivity index (χ4v) is 2.72. The minimum atomic E-state index is -0.486. The van der Waals surface area contributed by atoms with Gasteiger partial charge in [-0.2, -0.15) is 0 Å². The highest BCUT2D eigenvalue weighted by Crippen LogP contribution is 2.10. The van der Waals surface area contributed by atoms with Crippen LogP contribution < -0.4 is 10.6 Å². The zero-order valence-electron chi connectivity index (χ0n) is 16.4. The van der Waals surface area contributed by atoms with Crippen molar-refractivity contribution in [2.24, 2.45) is 4.99 Å². The Hall–Kier alpha value is -2.96. The molecule has 150 valence electrons. The molecule has 5 nitrogen and oxygen atoms in total. The van der Waals surface area contributed by atoms with E-state index in [1.807, 2.05) is 26.0 Å². The topological polar surface area (TPSA) is 56.7 Å². The van der Waals surface area contributed by atoms with Crippen molar-refractivity contribution >= 4 is 11.9 Å². The third-order valence-electron chi connectivity index (χ3n) is 4.39. The molecule has 0 spiro atoms. The molecule has 0 saturated heterocycles. The van der Waals surface area contributed by atoms with Gasteiger partial charge in [-0.25, -0.2) is 8.78 Å². The van der Waals surface area contributed by atoms with Crippen LogP contribution in [0.2, 0.25) is 0 Å². The molecule has 2 aromatic carbocycles. The molecule has 0 aromatic heterocycles. The zero-order valence-corrected chi connectivity index (χ0v) is 16.4. The number of halogens is 2. The number of rotatable bonds is 7. The summed E-state index contributed by atoms with van der Waals surface area (Å²) < 4.78 is 26.9. The van der Waals surface area contributed by atoms with Gasteiger partial charge in [-0.1, -0.05) is 12.1 Å². The molecule has 0 bridgehead atoms. The van der Waals surface area contributed by atoms with E-state index >= 15 is 0 Å². The summed E-state index contributed by atoms with van der Waals surface area (Å²) in [5, 5.41) is 6.07. The van der Waals surface area contributed by atoms with Gasteiger partial charge in [0.15, 0.2) is 5.96 Å². The zero-order chi connectivity index (χ0) is 20.5. The number of aliphatic imine (C=N–C) groups is 1. The summed E-state index contributed by atoms with van der Waals surface area (Å²) in [6.07, 6.45) is 0. The molecule has 0 aliphatic rings. The van der Waals surface area contributed by atoms with Gasteiger partial charge in [0.2, 0.25) is 0 Å². The molecule has 0 aliphatic carbocycles. The van der Waals surface area contributed by atoms with Crippen molar-refractivity contribution in [3.8, 4) is 0 Å². The summed E-state index contributed by atoms with van der Waals surface area (Å²) in [5.74, 6) is -0.482. The number of hydrogen-bond donors (Lipinski definition) is 2. The minimum Gasteiger partial charge on any atom is -0.352 e. The van der Waals surface area contributed by atoms with Gasteiger partial charge >= 0.3 is 0 Å². The average molecular weight is 388 g/mol. The number of hydrogen-bond acceptors (Lipinski definition) is 2. The molecule has 2 aromatic rings. The van der Waals surface area contributed by atoms with Crippen LogP contribution >= 0.6 is 0 Å². The van der Waals surface area contributed by atoms with Crippen molar-refractivity contribution in [1.29, 1.82) is 0 Å². The van der Waals surface area contributed by atoms with Crippen LogP contribution in [0.15, 0.2) is 47.5 Å². The second-order valence-corrected chi connectivity index (χ2v) is 6.19. The lowest BCUT2D eigenvalue weighted by Gasteiger charge is -2.18. The maximum atomic E-state index is 13.7. The van der Waals surface area contributed by atoms with Crippen molar-refractivity contribution in [1.82, 2.24) is 15.5 Å². The first kappa shape index (κ1) is 21.3. The van der Waals surface area contributed by atoms with E-state index in [4.69, 9.17) is 0 Å². The molecular weight excluding hydrogens is 362 g/mol. The Bertz CT molecular complexity index is 818. The summed E-state index contributed by atoms with van der Waals surface area (Å²) in [6.45, 7) is 5.84. The fourth-order valence-electron chi connectivity index (χ4n) is 2.72. The maximum absolute atomic E-state index is 13.7. The molecule has 0 radical (unpaired) electrons. The quantitative estimate of drug-likeness (QED) is 0.565. The van der Waals surface area contributed by atoms with Crippen LogP contribution in [0.3, 0.4) is 0 Å². The van der Waals surface area contributed by atoms with Crippen LogP contribution in [-0.4, -0.2) is 36.9 Å². The molecule has 1 amide bonds. The van der Waals surface area contributed by atoms with E-state index in [0.29, 0.717) is 31.2 Å². The van der Waals surface area contributed by atoms with Gasteiger partial charge in [0.1, 0.15) is 11.6 Å². The van der Waals surface area contributed by atoms with E-state index in [1.54, 1.807) is 24.1 Å². The Morgan fingerprint density at radius 3 is 2.25 bits per heavy atom. The third kappa shape index (κ3) is 5.77. The molecule has 0 aliphatic heterocycles. The summed E-state index contributed by atoms with van der Waals surface area (Å²) in [5.41, 5.74) is 1.84. The third-order valence-corrected chi connectivity index (χ3v) is 4.39. The molecule has 7 heteroatoms. The van der Waals surface area contributed by atoms with Crippen molar-refractivity contribution in [3.05, 3.63) is 70.8 Å². The van der Waals surface area contributed by atoms with Crippen LogP contribution in [0.4, 0.5) is 8.78 Å². The number of benzene rings is 2. The van der Waals surface area contributed by atoms with Gasteiger partial charge in [0.25, 0.3) is 5.91 Å². The van der Waals surface area contributed by atoms with E-state index in [9.17, 15) is 13.6 Å². The summed E-state index contributed by atoms with van der Waals surface area (Å²) in [7, 11) is 1.60. The lowest BCUT2D eigenvalue weighted by Crippen LogP contribution is -2.36. The molecular formula is C21H26F2N4O. The number of carbonyl (C=O) groups excluding carboxylic acids is 1. The Morgan fingerprint density at radius 2 is 1.64 bits per heavy atom. The molecule has 0 fully saturated rings. The minimum absolute atomic E-state index is 0.0131. The van der Waals surface area contributed by atoms with Crippen molar-refractivity contribution in [3.63, 3.8) is 0 Å². The predicted molar refractivity (Wildman–Crippen MR) is 107 cm³/mol. The van der Waals surface area contributed by atoms with Gasteiger partial charge in [0, 0.05) is 44.4 Å². The van der Waals surface area contributed by atoms with E-state index < -0.39 is 11.6 Å². The fraction of sp³-hybridized carbons (Fsp3) is 0.333. The molecule has 28 heavy (non-hydrogen) atoms. The SMILES string of the molecule is CCN(CC)C(=O)c1ccc(CNC(=NC)NCc2cc(F)ccc2F)cc1.